The maximum atomic E-state index is 11.1. The summed E-state index contributed by atoms with van der Waals surface area (Å²) in [5, 5.41) is 15.5. The molecule has 0 aromatic heterocycles. The Balaban J connectivity index is 3.73. The minimum absolute atomic E-state index is 0.0205. The Morgan fingerprint density at radius 1 is 1.44 bits per heavy atom. The summed E-state index contributed by atoms with van der Waals surface area (Å²) in [6.45, 7) is 1.33. The van der Waals surface area contributed by atoms with Crippen LogP contribution in [0.4, 0.5) is 5.69 Å². The minimum Gasteiger partial charge on any atom is -0.298 e. The summed E-state index contributed by atoms with van der Waals surface area (Å²) in [6, 6.07) is 2.10. The Labute approximate surface area is 91.1 Å². The van der Waals surface area contributed by atoms with Gasteiger partial charge in [-0.3, -0.25) is 14.9 Å². The first-order chi connectivity index (χ1) is 7.27. The lowest BCUT2D eigenvalue weighted by molar-refractivity contribution is -0.388. The topological polar surface area (TPSA) is 120 Å². The van der Waals surface area contributed by atoms with Crippen LogP contribution in [0.2, 0.25) is 0 Å². The standard InChI is InChI=1S/C8H8N2O5S/c1-5-2-6(4-11)3-7(16(9,14)15)8(5)10(12)13/h2-4H,1H3,(H2,9,14,15). The Morgan fingerprint density at radius 2 is 2.00 bits per heavy atom. The zero-order chi connectivity index (χ0) is 12.5. The van der Waals surface area contributed by atoms with Crippen LogP contribution in [-0.4, -0.2) is 19.6 Å². The highest BCUT2D eigenvalue weighted by atomic mass is 32.2. The lowest BCUT2D eigenvalue weighted by atomic mass is 10.1. The van der Waals surface area contributed by atoms with E-state index in [1.54, 1.807) is 0 Å². The molecule has 0 atom stereocenters. The molecule has 0 radical (unpaired) electrons. The van der Waals surface area contributed by atoms with E-state index in [9.17, 15) is 23.3 Å². The molecule has 2 N–H and O–H groups in total. The highest BCUT2D eigenvalue weighted by Crippen LogP contribution is 2.27. The first kappa shape index (κ1) is 12.3. The molecule has 0 aliphatic heterocycles. The Morgan fingerprint density at radius 3 is 2.38 bits per heavy atom. The van der Waals surface area contributed by atoms with Crippen LogP contribution in [0.15, 0.2) is 17.0 Å². The van der Waals surface area contributed by atoms with E-state index in [4.69, 9.17) is 5.14 Å². The van der Waals surface area contributed by atoms with Crippen molar-refractivity contribution in [1.29, 1.82) is 0 Å². The highest BCUT2D eigenvalue weighted by molar-refractivity contribution is 7.89. The number of nitro benzene ring substituents is 1. The fourth-order valence-electron chi connectivity index (χ4n) is 1.29. The molecular weight excluding hydrogens is 236 g/mol. The zero-order valence-corrected chi connectivity index (χ0v) is 9.02. The summed E-state index contributed by atoms with van der Waals surface area (Å²) in [5.41, 5.74) is -0.515. The van der Waals surface area contributed by atoms with Gasteiger partial charge < -0.3 is 0 Å². The van der Waals surface area contributed by atoms with Gasteiger partial charge in [0.05, 0.1) is 4.92 Å². The molecule has 0 fully saturated rings. The first-order valence-electron chi connectivity index (χ1n) is 4.04. The molecule has 0 aliphatic carbocycles. The molecule has 16 heavy (non-hydrogen) atoms. The second-order valence-corrected chi connectivity index (χ2v) is 4.63. The van der Waals surface area contributed by atoms with Crippen molar-refractivity contribution in [3.63, 3.8) is 0 Å². The van der Waals surface area contributed by atoms with Crippen LogP contribution >= 0.6 is 0 Å². The van der Waals surface area contributed by atoms with E-state index in [-0.39, 0.29) is 11.1 Å². The summed E-state index contributed by atoms with van der Waals surface area (Å²) in [4.78, 5) is 19.7. The van der Waals surface area contributed by atoms with E-state index < -0.39 is 25.5 Å². The molecule has 0 aliphatic rings. The number of primary sulfonamides is 1. The lowest BCUT2D eigenvalue weighted by Gasteiger charge is -2.04. The molecule has 0 amide bonds. The Bertz CT molecular complexity index is 564. The number of sulfonamides is 1. The van der Waals surface area contributed by atoms with E-state index in [0.717, 1.165) is 6.07 Å². The van der Waals surface area contributed by atoms with E-state index in [1.165, 1.54) is 13.0 Å². The third-order valence-electron chi connectivity index (χ3n) is 1.91. The zero-order valence-electron chi connectivity index (χ0n) is 8.21. The van der Waals surface area contributed by atoms with Crippen molar-refractivity contribution in [2.75, 3.05) is 0 Å². The number of benzene rings is 1. The maximum absolute atomic E-state index is 11.1. The minimum atomic E-state index is -4.23. The maximum Gasteiger partial charge on any atom is 0.292 e. The van der Waals surface area contributed by atoms with Gasteiger partial charge in [-0.25, -0.2) is 13.6 Å². The van der Waals surface area contributed by atoms with Crippen LogP contribution in [0, 0.1) is 17.0 Å². The summed E-state index contributed by atoms with van der Waals surface area (Å²) in [5.74, 6) is 0. The molecule has 86 valence electrons. The number of nitro groups is 1. The monoisotopic (exact) mass is 244 g/mol. The quantitative estimate of drug-likeness (QED) is 0.467. The van der Waals surface area contributed by atoms with Crippen LogP contribution < -0.4 is 5.14 Å². The molecule has 7 nitrogen and oxygen atoms in total. The summed E-state index contributed by atoms with van der Waals surface area (Å²) >= 11 is 0. The molecule has 0 saturated carbocycles. The number of nitrogens with two attached hydrogens (primary N) is 1. The van der Waals surface area contributed by atoms with Crippen molar-refractivity contribution in [3.8, 4) is 0 Å². The molecule has 1 aromatic rings. The largest absolute Gasteiger partial charge is 0.298 e. The van der Waals surface area contributed by atoms with Crippen molar-refractivity contribution in [3.05, 3.63) is 33.4 Å². The van der Waals surface area contributed by atoms with E-state index in [1.807, 2.05) is 0 Å². The van der Waals surface area contributed by atoms with Gasteiger partial charge in [0.25, 0.3) is 5.69 Å². The molecule has 8 heteroatoms. The van der Waals surface area contributed by atoms with Gasteiger partial charge in [-0.05, 0) is 19.1 Å². The van der Waals surface area contributed by atoms with Gasteiger partial charge in [-0.2, -0.15) is 0 Å². The first-order valence-corrected chi connectivity index (χ1v) is 5.59. The van der Waals surface area contributed by atoms with Crippen LogP contribution in [0.25, 0.3) is 0 Å². The molecule has 1 rings (SSSR count). The Kier molecular flexibility index (Phi) is 3.06. The van der Waals surface area contributed by atoms with E-state index in [2.05, 4.69) is 0 Å². The third kappa shape index (κ3) is 2.23. The van der Waals surface area contributed by atoms with E-state index in [0.29, 0.717) is 6.29 Å². The fourth-order valence-corrected chi connectivity index (χ4v) is 2.10. The number of carbonyl (C=O) groups excluding carboxylic acids is 1. The predicted molar refractivity (Wildman–Crippen MR) is 54.6 cm³/mol. The number of rotatable bonds is 3. The van der Waals surface area contributed by atoms with Crippen LogP contribution in [0.5, 0.6) is 0 Å². The van der Waals surface area contributed by atoms with Gasteiger partial charge in [0, 0.05) is 11.1 Å². The van der Waals surface area contributed by atoms with Crippen molar-refractivity contribution >= 4 is 22.0 Å². The fraction of sp³-hybridized carbons (Fsp3) is 0.125. The van der Waals surface area contributed by atoms with Gasteiger partial charge in [0.1, 0.15) is 6.29 Å². The van der Waals surface area contributed by atoms with Crippen molar-refractivity contribution in [1.82, 2.24) is 0 Å². The van der Waals surface area contributed by atoms with Crippen LogP contribution in [-0.2, 0) is 10.0 Å². The second kappa shape index (κ2) is 3.99. The van der Waals surface area contributed by atoms with Crippen molar-refractivity contribution < 1.29 is 18.1 Å². The highest BCUT2D eigenvalue weighted by Gasteiger charge is 2.25. The number of aldehydes is 1. The number of nitrogens with zero attached hydrogens (tertiary/aromatic N) is 1. The van der Waals surface area contributed by atoms with Gasteiger partial charge in [-0.15, -0.1) is 0 Å². The molecule has 0 bridgehead atoms. The SMILES string of the molecule is Cc1cc(C=O)cc(S(N)(=O)=O)c1[N+](=O)[O-]. The summed E-state index contributed by atoms with van der Waals surface area (Å²) < 4.78 is 22.3. The van der Waals surface area contributed by atoms with Gasteiger partial charge in [-0.1, -0.05) is 0 Å². The number of carbonyl (C=O) groups is 1. The van der Waals surface area contributed by atoms with Gasteiger partial charge in [0.2, 0.25) is 10.0 Å². The van der Waals surface area contributed by atoms with Gasteiger partial charge in [0.15, 0.2) is 4.90 Å². The number of hydrogen-bond donors (Lipinski definition) is 1. The average Bonchev–Trinajstić information content (AvgIpc) is 2.14. The predicted octanol–water partition coefficient (Wildman–Crippen LogP) is 0.363. The van der Waals surface area contributed by atoms with Crippen molar-refractivity contribution in [2.24, 2.45) is 5.14 Å². The molecule has 1 aromatic carbocycles. The summed E-state index contributed by atoms with van der Waals surface area (Å²) in [6.07, 6.45) is 0.394. The molecule has 0 heterocycles. The second-order valence-electron chi connectivity index (χ2n) is 3.10. The summed E-state index contributed by atoms with van der Waals surface area (Å²) in [7, 11) is -4.23. The number of hydrogen-bond acceptors (Lipinski definition) is 5. The smallest absolute Gasteiger partial charge is 0.292 e. The number of aryl methyl sites for hydroxylation is 1. The van der Waals surface area contributed by atoms with E-state index >= 15 is 0 Å². The van der Waals surface area contributed by atoms with Crippen molar-refractivity contribution in [2.45, 2.75) is 11.8 Å². The normalized spacial score (nSPS) is 11.1. The lowest BCUT2D eigenvalue weighted by Crippen LogP contribution is -2.15. The molecule has 0 unspecified atom stereocenters. The average molecular weight is 244 g/mol. The molecule has 0 saturated heterocycles. The molecular formula is C8H8N2O5S. The molecule has 0 spiro atoms. The third-order valence-corrected chi connectivity index (χ3v) is 2.84. The Hall–Kier alpha value is -1.80. The van der Waals surface area contributed by atoms with Gasteiger partial charge >= 0.3 is 0 Å². The van der Waals surface area contributed by atoms with Crippen LogP contribution in [0.1, 0.15) is 15.9 Å². The van der Waals surface area contributed by atoms with Crippen LogP contribution in [0.3, 0.4) is 0 Å².